The van der Waals surface area contributed by atoms with Crippen LogP contribution in [0.5, 0.6) is 0 Å². The van der Waals surface area contributed by atoms with Crippen molar-refractivity contribution in [2.24, 2.45) is 0 Å². The molecule has 0 heterocycles. The minimum Gasteiger partial charge on any atom is -0.154 e. The van der Waals surface area contributed by atoms with Crippen molar-refractivity contribution in [3.05, 3.63) is 29.8 Å². The van der Waals surface area contributed by atoms with Gasteiger partial charge in [0.1, 0.15) is 0 Å². The van der Waals surface area contributed by atoms with Gasteiger partial charge in [0.15, 0.2) is 0 Å². The summed E-state index contributed by atoms with van der Waals surface area (Å²) in [5.41, 5.74) is 1.23. The lowest BCUT2D eigenvalue weighted by Crippen LogP contribution is -1.82. The number of rotatable bonds is 4. The zero-order valence-corrected chi connectivity index (χ0v) is 9.31. The molecule has 0 bridgehead atoms. The fraction of sp³-hybridized carbons (Fsp3) is 0.333. The van der Waals surface area contributed by atoms with E-state index in [1.807, 2.05) is 29.6 Å². The molecule has 0 aliphatic rings. The predicted octanol–water partition coefficient (Wildman–Crippen LogP) is 3.84. The van der Waals surface area contributed by atoms with Crippen LogP contribution in [0.25, 0.3) is 0 Å². The minimum absolute atomic E-state index is 0.609. The first-order chi connectivity index (χ1) is 5.88. The summed E-state index contributed by atoms with van der Waals surface area (Å²) in [5.74, 6) is 0.609. The molecule has 1 rings (SSSR count). The molecule has 0 aromatic heterocycles. The van der Waals surface area contributed by atoms with E-state index in [1.54, 1.807) is 0 Å². The number of thioether (sulfide) groups is 2. The summed E-state index contributed by atoms with van der Waals surface area (Å²) in [7, 11) is 0. The van der Waals surface area contributed by atoms with Crippen molar-refractivity contribution in [3.8, 4) is 0 Å². The first-order valence-electron chi connectivity index (χ1n) is 3.64. The molecular formula is C9H11ClS2. The summed E-state index contributed by atoms with van der Waals surface area (Å²) in [6.45, 7) is 0. The van der Waals surface area contributed by atoms with E-state index >= 15 is 0 Å². The van der Waals surface area contributed by atoms with Crippen LogP contribution >= 0.6 is 35.1 Å². The van der Waals surface area contributed by atoms with Crippen LogP contribution in [0.2, 0.25) is 0 Å². The summed E-state index contributed by atoms with van der Waals surface area (Å²) in [6, 6.07) is 8.29. The van der Waals surface area contributed by atoms with E-state index in [-0.39, 0.29) is 0 Å². The van der Waals surface area contributed by atoms with Gasteiger partial charge in [0.2, 0.25) is 0 Å². The van der Waals surface area contributed by atoms with E-state index < -0.39 is 0 Å². The average Bonchev–Trinajstić information content (AvgIpc) is 2.15. The zero-order chi connectivity index (χ0) is 8.81. The Balaban J connectivity index is 2.68. The van der Waals surface area contributed by atoms with Crippen molar-refractivity contribution in [2.75, 3.05) is 11.3 Å². The van der Waals surface area contributed by atoms with Gasteiger partial charge in [0.25, 0.3) is 0 Å². The average molecular weight is 219 g/mol. The van der Waals surface area contributed by atoms with E-state index in [2.05, 4.69) is 24.5 Å². The zero-order valence-electron chi connectivity index (χ0n) is 6.92. The Morgan fingerprint density at radius 3 is 2.75 bits per heavy atom. The lowest BCUT2D eigenvalue weighted by Gasteiger charge is -2.04. The van der Waals surface area contributed by atoms with E-state index in [4.69, 9.17) is 11.6 Å². The van der Waals surface area contributed by atoms with Crippen molar-refractivity contribution in [1.82, 2.24) is 0 Å². The van der Waals surface area contributed by atoms with Gasteiger partial charge in [-0.15, -0.1) is 23.4 Å². The van der Waals surface area contributed by atoms with Gasteiger partial charge in [0.05, 0.1) is 0 Å². The lowest BCUT2D eigenvalue weighted by atomic mass is 10.2. The van der Waals surface area contributed by atoms with Crippen LogP contribution in [0.4, 0.5) is 0 Å². The Labute approximate surface area is 87.1 Å². The van der Waals surface area contributed by atoms with Crippen LogP contribution in [0, 0.1) is 0 Å². The van der Waals surface area contributed by atoms with Gasteiger partial charge in [-0.1, -0.05) is 18.2 Å². The molecule has 0 spiro atoms. The summed E-state index contributed by atoms with van der Waals surface area (Å²) in [5, 5.41) is 1.09. The fourth-order valence-electron chi connectivity index (χ4n) is 0.877. The Bertz CT molecular complexity index is 238. The molecule has 0 atom stereocenters. The van der Waals surface area contributed by atoms with Gasteiger partial charge in [-0.3, -0.25) is 0 Å². The molecular weight excluding hydrogens is 208 g/mol. The maximum atomic E-state index is 5.79. The Hall–Kier alpha value is 0.210. The normalized spacial score (nSPS) is 10.2. The maximum Gasteiger partial charge on any atom is 0.0485 e. The van der Waals surface area contributed by atoms with Crippen LogP contribution in [-0.2, 0) is 5.88 Å². The van der Waals surface area contributed by atoms with Gasteiger partial charge in [0, 0.05) is 15.9 Å². The second-order valence-corrected chi connectivity index (χ2v) is 4.81. The second-order valence-electron chi connectivity index (χ2n) is 2.29. The van der Waals surface area contributed by atoms with E-state index in [0.29, 0.717) is 5.88 Å². The fourth-order valence-corrected chi connectivity index (χ4v) is 2.67. The number of halogens is 1. The Kier molecular flexibility index (Phi) is 4.96. The van der Waals surface area contributed by atoms with Crippen molar-refractivity contribution < 1.29 is 0 Å². The number of hydrogen-bond acceptors (Lipinski definition) is 2. The molecule has 0 saturated carbocycles. The van der Waals surface area contributed by atoms with Gasteiger partial charge in [-0.25, -0.2) is 0 Å². The molecule has 0 unspecified atom stereocenters. The van der Waals surface area contributed by atoms with Crippen LogP contribution < -0.4 is 0 Å². The van der Waals surface area contributed by atoms with Crippen molar-refractivity contribution in [3.63, 3.8) is 0 Å². The lowest BCUT2D eigenvalue weighted by molar-refractivity contribution is 1.26. The molecule has 0 nitrogen and oxygen atoms in total. The molecule has 0 aliphatic heterocycles. The second kappa shape index (κ2) is 5.79. The summed E-state index contributed by atoms with van der Waals surface area (Å²) in [6.07, 6.45) is 2.11. The summed E-state index contributed by atoms with van der Waals surface area (Å²) >= 11 is 9.48. The summed E-state index contributed by atoms with van der Waals surface area (Å²) in [4.78, 5) is 1.31. The number of alkyl halides is 1. The quantitative estimate of drug-likeness (QED) is 0.428. The van der Waals surface area contributed by atoms with Crippen molar-refractivity contribution >= 4 is 35.1 Å². The molecule has 0 amide bonds. The Morgan fingerprint density at radius 1 is 1.33 bits per heavy atom. The van der Waals surface area contributed by atoms with Crippen molar-refractivity contribution in [2.45, 2.75) is 10.8 Å². The summed E-state index contributed by atoms with van der Waals surface area (Å²) < 4.78 is 0. The van der Waals surface area contributed by atoms with Crippen LogP contribution in [0.3, 0.4) is 0 Å². The highest BCUT2D eigenvalue weighted by atomic mass is 35.5. The van der Waals surface area contributed by atoms with Crippen LogP contribution in [0.1, 0.15) is 5.56 Å². The number of benzene rings is 1. The standard InChI is InChI=1S/C9H11ClS2/c1-11-7-12-9-5-3-2-4-8(9)6-10/h2-5H,6-7H2,1H3. The topological polar surface area (TPSA) is 0 Å². The third-order valence-electron chi connectivity index (χ3n) is 1.45. The highest BCUT2D eigenvalue weighted by molar-refractivity contribution is 8.15. The molecule has 12 heavy (non-hydrogen) atoms. The molecule has 66 valence electrons. The van der Waals surface area contributed by atoms with E-state index in [1.165, 1.54) is 10.5 Å². The largest absolute Gasteiger partial charge is 0.154 e. The van der Waals surface area contributed by atoms with Gasteiger partial charge in [-0.05, 0) is 17.9 Å². The first-order valence-corrected chi connectivity index (χ1v) is 6.55. The molecule has 0 radical (unpaired) electrons. The van der Waals surface area contributed by atoms with Gasteiger partial charge >= 0.3 is 0 Å². The first kappa shape index (κ1) is 10.3. The minimum atomic E-state index is 0.609. The predicted molar refractivity (Wildman–Crippen MR) is 60.2 cm³/mol. The molecule has 1 aromatic rings. The molecule has 3 heteroatoms. The third kappa shape index (κ3) is 2.92. The monoisotopic (exact) mass is 218 g/mol. The van der Waals surface area contributed by atoms with Crippen LogP contribution in [-0.4, -0.2) is 11.3 Å². The van der Waals surface area contributed by atoms with Crippen molar-refractivity contribution in [1.29, 1.82) is 0 Å². The SMILES string of the molecule is CSCSc1ccccc1CCl. The van der Waals surface area contributed by atoms with Crippen LogP contribution in [0.15, 0.2) is 29.2 Å². The maximum absolute atomic E-state index is 5.79. The highest BCUT2D eigenvalue weighted by Gasteiger charge is 1.99. The molecule has 1 aromatic carbocycles. The molecule has 0 saturated heterocycles. The van der Waals surface area contributed by atoms with E-state index in [0.717, 1.165) is 5.08 Å². The molecule has 0 aliphatic carbocycles. The smallest absolute Gasteiger partial charge is 0.0485 e. The molecule has 0 N–H and O–H groups in total. The molecule has 0 fully saturated rings. The van der Waals surface area contributed by atoms with Gasteiger partial charge in [-0.2, -0.15) is 11.8 Å². The Morgan fingerprint density at radius 2 is 2.08 bits per heavy atom. The number of hydrogen-bond donors (Lipinski definition) is 0. The van der Waals surface area contributed by atoms with E-state index in [9.17, 15) is 0 Å². The highest BCUT2D eigenvalue weighted by Crippen LogP contribution is 2.25. The third-order valence-corrected chi connectivity index (χ3v) is 3.86. The van der Waals surface area contributed by atoms with Gasteiger partial charge < -0.3 is 0 Å².